The fourth-order valence-corrected chi connectivity index (χ4v) is 1.59. The highest BCUT2D eigenvalue weighted by molar-refractivity contribution is 9.10. The molecule has 1 aromatic carbocycles. The second kappa shape index (κ2) is 6.25. The number of ether oxygens (including phenoxy) is 1. The van der Waals surface area contributed by atoms with Crippen molar-refractivity contribution >= 4 is 28.3 Å². The first-order valence-electron chi connectivity index (χ1n) is 3.93. The van der Waals surface area contributed by atoms with E-state index in [0.717, 1.165) is 0 Å². The normalized spacial score (nSPS) is 12.1. The summed E-state index contributed by atoms with van der Waals surface area (Å²) in [5.74, 6) is 0.593. The lowest BCUT2D eigenvalue weighted by atomic mass is 10.1. The predicted molar refractivity (Wildman–Crippen MR) is 60.9 cm³/mol. The molecule has 1 aromatic rings. The topological polar surface area (TPSA) is 35.2 Å². The predicted octanol–water partition coefficient (Wildman–Crippen LogP) is 3.14. The van der Waals surface area contributed by atoms with Crippen LogP contribution in [0.5, 0.6) is 5.75 Å². The van der Waals surface area contributed by atoms with E-state index in [1.165, 1.54) is 19.2 Å². The van der Waals surface area contributed by atoms with Gasteiger partial charge in [0.1, 0.15) is 5.75 Å². The number of methoxy groups -OCH3 is 1. The molecule has 0 aromatic heterocycles. The summed E-state index contributed by atoms with van der Waals surface area (Å²) >= 11 is 3.20. The highest BCUT2D eigenvalue weighted by Gasteiger charge is 2.18. The lowest BCUT2D eigenvalue weighted by Gasteiger charge is -2.12. The van der Waals surface area contributed by atoms with Gasteiger partial charge in [0, 0.05) is 0 Å². The van der Waals surface area contributed by atoms with E-state index in [9.17, 15) is 8.78 Å². The Morgan fingerprint density at radius 3 is 2.40 bits per heavy atom. The number of nitrogens with two attached hydrogens (primary N) is 1. The molecule has 1 atom stereocenters. The van der Waals surface area contributed by atoms with Crippen LogP contribution in [0.15, 0.2) is 22.7 Å². The summed E-state index contributed by atoms with van der Waals surface area (Å²) in [6.07, 6.45) is -2.56. The fourth-order valence-electron chi connectivity index (χ4n) is 1.04. The molecule has 0 unspecified atom stereocenters. The molecule has 0 aliphatic heterocycles. The first kappa shape index (κ1) is 14.6. The third kappa shape index (κ3) is 3.59. The first-order valence-corrected chi connectivity index (χ1v) is 4.72. The van der Waals surface area contributed by atoms with Crippen molar-refractivity contribution in [3.05, 3.63) is 28.2 Å². The van der Waals surface area contributed by atoms with Crippen LogP contribution in [0.2, 0.25) is 0 Å². The van der Waals surface area contributed by atoms with Gasteiger partial charge in [-0.05, 0) is 33.6 Å². The van der Waals surface area contributed by atoms with Crippen molar-refractivity contribution < 1.29 is 13.5 Å². The van der Waals surface area contributed by atoms with Gasteiger partial charge in [0.2, 0.25) is 0 Å². The number of benzene rings is 1. The Labute approximate surface area is 101 Å². The van der Waals surface area contributed by atoms with Gasteiger partial charge in [0.15, 0.2) is 0 Å². The molecule has 0 heterocycles. The molecule has 0 amide bonds. The lowest BCUT2D eigenvalue weighted by molar-refractivity contribution is 0.116. The van der Waals surface area contributed by atoms with Crippen LogP contribution in [-0.2, 0) is 0 Å². The van der Waals surface area contributed by atoms with E-state index in [1.54, 1.807) is 6.07 Å². The number of rotatable bonds is 3. The van der Waals surface area contributed by atoms with Crippen molar-refractivity contribution in [2.75, 3.05) is 7.11 Å². The maximum Gasteiger partial charge on any atom is 0.257 e. The van der Waals surface area contributed by atoms with E-state index in [2.05, 4.69) is 15.9 Å². The van der Waals surface area contributed by atoms with Crippen LogP contribution < -0.4 is 10.5 Å². The molecule has 0 radical (unpaired) electrons. The van der Waals surface area contributed by atoms with Crippen molar-refractivity contribution in [2.24, 2.45) is 5.73 Å². The van der Waals surface area contributed by atoms with Crippen molar-refractivity contribution in [3.63, 3.8) is 0 Å². The van der Waals surface area contributed by atoms with Crippen LogP contribution in [0.1, 0.15) is 11.6 Å². The Morgan fingerprint density at radius 1 is 1.40 bits per heavy atom. The van der Waals surface area contributed by atoms with Crippen LogP contribution in [0.25, 0.3) is 0 Å². The van der Waals surface area contributed by atoms with E-state index in [1.807, 2.05) is 0 Å². The molecule has 0 saturated heterocycles. The van der Waals surface area contributed by atoms with Crippen molar-refractivity contribution in [1.29, 1.82) is 0 Å². The molecule has 0 spiro atoms. The van der Waals surface area contributed by atoms with Crippen molar-refractivity contribution in [2.45, 2.75) is 12.5 Å². The SMILES string of the molecule is COc1ccc([C@@H](N)C(F)F)cc1Br.Cl. The highest BCUT2D eigenvalue weighted by Crippen LogP contribution is 2.28. The van der Waals surface area contributed by atoms with Crippen LogP contribution in [-0.4, -0.2) is 13.5 Å². The minimum Gasteiger partial charge on any atom is -0.496 e. The fraction of sp³-hybridized carbons (Fsp3) is 0.333. The smallest absolute Gasteiger partial charge is 0.257 e. The Balaban J connectivity index is 0.00000196. The summed E-state index contributed by atoms with van der Waals surface area (Å²) in [6, 6.07) is 3.41. The number of alkyl halides is 2. The Morgan fingerprint density at radius 2 is 2.00 bits per heavy atom. The van der Waals surface area contributed by atoms with Gasteiger partial charge in [-0.1, -0.05) is 6.07 Å². The molecular formula is C9H11BrClF2NO. The Kier molecular flexibility index (Phi) is 6.09. The quantitative estimate of drug-likeness (QED) is 0.931. The summed E-state index contributed by atoms with van der Waals surface area (Å²) in [5, 5.41) is 0. The summed E-state index contributed by atoms with van der Waals surface area (Å²) in [6.45, 7) is 0. The van der Waals surface area contributed by atoms with Crippen molar-refractivity contribution in [3.8, 4) is 5.75 Å². The zero-order valence-electron chi connectivity index (χ0n) is 7.91. The molecule has 0 saturated carbocycles. The minimum absolute atomic E-state index is 0. The number of hydrogen-bond acceptors (Lipinski definition) is 2. The molecule has 1 rings (SSSR count). The zero-order chi connectivity index (χ0) is 10.7. The van der Waals surface area contributed by atoms with Crippen LogP contribution in [0.3, 0.4) is 0 Å². The molecule has 0 fully saturated rings. The Hall–Kier alpha value is -0.390. The van der Waals surface area contributed by atoms with E-state index in [0.29, 0.717) is 15.8 Å². The molecule has 0 bridgehead atoms. The zero-order valence-corrected chi connectivity index (χ0v) is 10.3. The molecule has 2 N–H and O–H groups in total. The van der Waals surface area contributed by atoms with Gasteiger partial charge < -0.3 is 10.5 Å². The van der Waals surface area contributed by atoms with E-state index >= 15 is 0 Å². The average molecular weight is 303 g/mol. The number of hydrogen-bond donors (Lipinski definition) is 1. The maximum absolute atomic E-state index is 12.3. The lowest BCUT2D eigenvalue weighted by Crippen LogP contribution is -2.18. The van der Waals surface area contributed by atoms with Gasteiger partial charge in [0.25, 0.3) is 6.43 Å². The number of halogens is 4. The molecule has 86 valence electrons. The van der Waals surface area contributed by atoms with E-state index in [-0.39, 0.29) is 12.4 Å². The largest absolute Gasteiger partial charge is 0.496 e. The summed E-state index contributed by atoms with van der Waals surface area (Å²) in [5.41, 5.74) is 5.67. The third-order valence-electron chi connectivity index (χ3n) is 1.83. The van der Waals surface area contributed by atoms with Crippen LogP contribution in [0.4, 0.5) is 8.78 Å². The summed E-state index contributed by atoms with van der Waals surface area (Å²) in [7, 11) is 1.51. The van der Waals surface area contributed by atoms with E-state index < -0.39 is 12.5 Å². The Bertz CT molecular complexity index is 325. The molecule has 2 nitrogen and oxygen atoms in total. The van der Waals surface area contributed by atoms with Crippen LogP contribution in [0, 0.1) is 0 Å². The summed E-state index contributed by atoms with van der Waals surface area (Å²) < 4.78 is 30.1. The second-order valence-corrected chi connectivity index (χ2v) is 3.61. The van der Waals surface area contributed by atoms with Gasteiger partial charge in [-0.2, -0.15) is 0 Å². The third-order valence-corrected chi connectivity index (χ3v) is 2.45. The van der Waals surface area contributed by atoms with Gasteiger partial charge in [-0.3, -0.25) is 0 Å². The first-order chi connectivity index (χ1) is 6.56. The van der Waals surface area contributed by atoms with Crippen molar-refractivity contribution in [1.82, 2.24) is 0 Å². The molecular weight excluding hydrogens is 291 g/mol. The average Bonchev–Trinajstić information content (AvgIpc) is 2.16. The monoisotopic (exact) mass is 301 g/mol. The molecule has 6 heteroatoms. The molecule has 15 heavy (non-hydrogen) atoms. The van der Waals surface area contributed by atoms with E-state index in [4.69, 9.17) is 10.5 Å². The van der Waals surface area contributed by atoms with Gasteiger partial charge in [0.05, 0.1) is 17.6 Å². The van der Waals surface area contributed by atoms with Gasteiger partial charge >= 0.3 is 0 Å². The minimum atomic E-state index is -2.56. The molecule has 0 aliphatic rings. The standard InChI is InChI=1S/C9H10BrF2NO.ClH/c1-14-7-3-2-5(4-6(7)10)8(13)9(11)12;/h2-4,8-9H,13H2,1H3;1H/t8-;/m1./s1. The molecule has 0 aliphatic carbocycles. The van der Waals surface area contributed by atoms with Gasteiger partial charge in [-0.25, -0.2) is 8.78 Å². The highest BCUT2D eigenvalue weighted by atomic mass is 79.9. The maximum atomic E-state index is 12.3. The van der Waals surface area contributed by atoms with Gasteiger partial charge in [-0.15, -0.1) is 12.4 Å². The van der Waals surface area contributed by atoms with Crippen LogP contribution >= 0.6 is 28.3 Å². The summed E-state index contributed by atoms with van der Waals surface area (Å²) in [4.78, 5) is 0. The second-order valence-electron chi connectivity index (χ2n) is 2.75.